The first kappa shape index (κ1) is 31.9. The molecule has 0 aliphatic carbocycles. The lowest BCUT2D eigenvalue weighted by Crippen LogP contribution is -2.08. The third-order valence-electron chi connectivity index (χ3n) is 8.31. The van der Waals surface area contributed by atoms with Crippen molar-refractivity contribution in [1.82, 2.24) is 24.8 Å². The van der Waals surface area contributed by atoms with E-state index >= 15 is 0 Å². The molecule has 0 N–H and O–H groups in total. The van der Waals surface area contributed by atoms with Gasteiger partial charge >= 0.3 is 0 Å². The van der Waals surface area contributed by atoms with Crippen LogP contribution < -0.4 is 5.22 Å². The van der Waals surface area contributed by atoms with Gasteiger partial charge in [0.05, 0.1) is 5.69 Å². The summed E-state index contributed by atoms with van der Waals surface area (Å²) in [5.41, 5.74) is 6.31. The van der Waals surface area contributed by atoms with Gasteiger partial charge in [-0.1, -0.05) is 138 Å². The van der Waals surface area contributed by atoms with Gasteiger partial charge in [0.1, 0.15) is 5.69 Å². The van der Waals surface area contributed by atoms with Gasteiger partial charge in [0.15, 0.2) is 5.65 Å². The van der Waals surface area contributed by atoms with E-state index in [9.17, 15) is 0 Å². The number of benzene rings is 1. The van der Waals surface area contributed by atoms with Gasteiger partial charge in [0.2, 0.25) is 5.82 Å². The highest BCUT2D eigenvalue weighted by atomic mass is 32.2. The van der Waals surface area contributed by atoms with Crippen molar-refractivity contribution in [3.05, 3.63) is 94.3 Å². The lowest BCUT2D eigenvalue weighted by atomic mass is 10.0. The number of hydrogen-bond donors (Lipinski definition) is 0. The number of aryl methyl sites for hydroxylation is 1. The molecule has 0 saturated carbocycles. The van der Waals surface area contributed by atoms with Crippen molar-refractivity contribution < 1.29 is 0 Å². The summed E-state index contributed by atoms with van der Waals surface area (Å²) in [6.07, 6.45) is 29.1. The molecule has 230 valence electrons. The maximum absolute atomic E-state index is 4.91. The Hall–Kier alpha value is -3.51. The number of hydrogen-bond acceptors (Lipinski definition) is 5. The SMILES string of the molecule is CCCCCCCCCCCCCCCc1nn2nc(-c3ccccn3)nc2c1=CC(C)=CC=C1C=CSc2ccccc21. The van der Waals surface area contributed by atoms with E-state index in [-0.39, 0.29) is 0 Å². The molecular weight excluding hydrogens is 559 g/mol. The number of fused-ring (bicyclic) bond motifs is 2. The molecule has 1 aliphatic heterocycles. The Kier molecular flexibility index (Phi) is 12.4. The van der Waals surface area contributed by atoms with Crippen LogP contribution in [0.2, 0.25) is 0 Å². The lowest BCUT2D eigenvalue weighted by molar-refractivity contribution is 0.538. The highest BCUT2D eigenvalue weighted by Crippen LogP contribution is 2.34. The average Bonchev–Trinajstić information content (AvgIpc) is 3.61. The summed E-state index contributed by atoms with van der Waals surface area (Å²) in [7, 11) is 0. The van der Waals surface area contributed by atoms with E-state index in [4.69, 9.17) is 15.2 Å². The Bertz CT molecular complexity index is 1620. The number of rotatable bonds is 17. The normalized spacial score (nSPS) is 14.6. The fourth-order valence-corrected chi connectivity index (χ4v) is 6.64. The zero-order valence-corrected chi connectivity index (χ0v) is 27.4. The van der Waals surface area contributed by atoms with Crippen LogP contribution in [0.5, 0.6) is 0 Å². The zero-order chi connectivity index (χ0) is 30.4. The third kappa shape index (κ3) is 9.01. The molecule has 1 aliphatic rings. The van der Waals surface area contributed by atoms with Crippen molar-refractivity contribution in [3.8, 4) is 11.5 Å². The number of thioether (sulfide) groups is 1. The fourth-order valence-electron chi connectivity index (χ4n) is 5.81. The van der Waals surface area contributed by atoms with Crippen LogP contribution in [0.15, 0.2) is 82.8 Å². The fraction of sp³-hybridized carbons (Fsp3) is 0.421. The van der Waals surface area contributed by atoms with Crippen LogP contribution in [0.4, 0.5) is 0 Å². The summed E-state index contributed by atoms with van der Waals surface area (Å²) >= 11 is 1.77. The van der Waals surface area contributed by atoms with Crippen LogP contribution in [0.25, 0.3) is 28.8 Å². The first-order valence-electron chi connectivity index (χ1n) is 16.7. The minimum Gasteiger partial charge on any atom is -0.253 e. The van der Waals surface area contributed by atoms with E-state index < -0.39 is 0 Å². The molecule has 4 aromatic rings. The van der Waals surface area contributed by atoms with Gasteiger partial charge in [-0.15, -0.1) is 9.73 Å². The van der Waals surface area contributed by atoms with E-state index in [1.165, 1.54) is 93.1 Å². The molecule has 3 aromatic heterocycles. The Morgan fingerprint density at radius 3 is 2.25 bits per heavy atom. The van der Waals surface area contributed by atoms with Crippen molar-refractivity contribution in [3.63, 3.8) is 0 Å². The molecule has 0 atom stereocenters. The predicted molar refractivity (Wildman–Crippen MR) is 186 cm³/mol. The highest BCUT2D eigenvalue weighted by molar-refractivity contribution is 8.02. The molecule has 5 nitrogen and oxygen atoms in total. The summed E-state index contributed by atoms with van der Waals surface area (Å²) in [4.78, 5) is 10.6. The Balaban J connectivity index is 1.23. The number of nitrogens with zero attached hydrogens (tertiary/aromatic N) is 5. The Morgan fingerprint density at radius 1 is 0.818 bits per heavy atom. The van der Waals surface area contributed by atoms with Gasteiger partial charge in [0, 0.05) is 16.3 Å². The third-order valence-corrected chi connectivity index (χ3v) is 9.19. The molecule has 0 bridgehead atoms. The van der Waals surface area contributed by atoms with Crippen LogP contribution in [0.3, 0.4) is 0 Å². The first-order chi connectivity index (χ1) is 21.7. The molecule has 0 saturated heterocycles. The monoisotopic (exact) mass is 605 g/mol. The molecule has 6 heteroatoms. The number of aromatic nitrogens is 5. The predicted octanol–water partition coefficient (Wildman–Crippen LogP) is 9.97. The summed E-state index contributed by atoms with van der Waals surface area (Å²) in [6, 6.07) is 14.4. The maximum Gasteiger partial charge on any atom is 0.202 e. The smallest absolute Gasteiger partial charge is 0.202 e. The van der Waals surface area contributed by atoms with E-state index in [1.807, 2.05) is 18.2 Å². The van der Waals surface area contributed by atoms with E-state index in [0.717, 1.165) is 40.7 Å². The summed E-state index contributed by atoms with van der Waals surface area (Å²) in [5.74, 6) is 0.612. The second kappa shape index (κ2) is 17.1. The van der Waals surface area contributed by atoms with Crippen LogP contribution >= 0.6 is 11.8 Å². The van der Waals surface area contributed by atoms with E-state index in [1.54, 1.807) is 22.6 Å². The Labute approximate surface area is 267 Å². The first-order valence-corrected chi connectivity index (χ1v) is 17.6. The molecule has 1 aromatic carbocycles. The number of allylic oxidation sites excluding steroid dienone is 5. The van der Waals surface area contributed by atoms with Crippen molar-refractivity contribution in [2.24, 2.45) is 0 Å². The van der Waals surface area contributed by atoms with Gasteiger partial charge in [-0.25, -0.2) is 4.98 Å². The molecule has 44 heavy (non-hydrogen) atoms. The number of pyridine rings is 1. The molecule has 0 spiro atoms. The molecule has 5 rings (SSSR count). The van der Waals surface area contributed by atoms with Crippen LogP contribution in [-0.4, -0.2) is 24.8 Å². The topological polar surface area (TPSA) is 56.0 Å². The molecular formula is C38H47N5S. The largest absolute Gasteiger partial charge is 0.253 e. The van der Waals surface area contributed by atoms with Crippen molar-refractivity contribution in [2.75, 3.05) is 0 Å². The van der Waals surface area contributed by atoms with Gasteiger partial charge in [-0.2, -0.15) is 5.10 Å². The molecule has 4 heterocycles. The Morgan fingerprint density at radius 2 is 1.52 bits per heavy atom. The standard InChI is InChI=1S/C38H47N5S/c1-3-4-5-6-7-8-9-10-11-12-13-14-15-21-34-33(38-40-37(42-43(38)41-34)35-22-18-19-27-39-35)29-30(2)24-25-31-26-28-44-36-23-17-16-20-32(31)36/h16-20,22-29H,3-15,21H2,1-2H3. The minimum atomic E-state index is 0.612. The summed E-state index contributed by atoms with van der Waals surface area (Å²) in [5, 5.41) is 12.8. The van der Waals surface area contributed by atoms with Gasteiger partial charge in [0.25, 0.3) is 0 Å². The second-order valence-electron chi connectivity index (χ2n) is 11.9. The number of unbranched alkanes of at least 4 members (excludes halogenated alkanes) is 12. The van der Waals surface area contributed by atoms with Crippen LogP contribution in [0, 0.1) is 0 Å². The molecule has 0 radical (unpaired) electrons. The lowest BCUT2D eigenvalue weighted by Gasteiger charge is -2.12. The molecule has 0 fully saturated rings. The maximum atomic E-state index is 4.91. The summed E-state index contributed by atoms with van der Waals surface area (Å²) in [6.45, 7) is 4.44. The van der Waals surface area contributed by atoms with Crippen molar-refractivity contribution in [2.45, 2.75) is 109 Å². The molecule has 0 amide bonds. The van der Waals surface area contributed by atoms with E-state index in [2.05, 4.69) is 72.8 Å². The minimum absolute atomic E-state index is 0.612. The summed E-state index contributed by atoms with van der Waals surface area (Å²) < 4.78 is 1.70. The van der Waals surface area contributed by atoms with Crippen molar-refractivity contribution in [1.29, 1.82) is 0 Å². The highest BCUT2D eigenvalue weighted by Gasteiger charge is 2.15. The van der Waals surface area contributed by atoms with Crippen molar-refractivity contribution >= 4 is 29.1 Å². The van der Waals surface area contributed by atoms with E-state index in [0.29, 0.717) is 5.82 Å². The van der Waals surface area contributed by atoms with Crippen LogP contribution in [0.1, 0.15) is 109 Å². The average molecular weight is 606 g/mol. The van der Waals surface area contributed by atoms with Crippen LogP contribution in [-0.2, 0) is 6.42 Å². The molecule has 0 unspecified atom stereocenters. The quantitative estimate of drug-likeness (QED) is 0.112. The van der Waals surface area contributed by atoms with Gasteiger partial charge < -0.3 is 0 Å². The second-order valence-corrected chi connectivity index (χ2v) is 12.9. The van der Waals surface area contributed by atoms with Gasteiger partial charge in [-0.3, -0.25) is 4.98 Å². The zero-order valence-electron chi connectivity index (χ0n) is 26.5. The van der Waals surface area contributed by atoms with Gasteiger partial charge in [-0.05, 0) is 66.7 Å².